The average Bonchev–Trinajstić information content (AvgIpc) is 2.95. The molecule has 0 saturated heterocycles. The number of aliphatic imine (C=N–C) groups is 1. The molecular formula is C30H44N6O5. The normalized spacial score (nSPS) is 21.3. The Labute approximate surface area is 242 Å². The van der Waals surface area contributed by atoms with Crippen molar-refractivity contribution in [2.24, 2.45) is 27.8 Å². The molecule has 0 bridgehead atoms. The molecule has 2 aliphatic carbocycles. The van der Waals surface area contributed by atoms with Crippen LogP contribution in [0.15, 0.2) is 34.1 Å². The number of nitrogens with zero attached hydrogens (tertiary/aromatic N) is 3. The average molecular weight is 569 g/mol. The van der Waals surface area contributed by atoms with Crippen LogP contribution in [-0.2, 0) is 14.3 Å². The summed E-state index contributed by atoms with van der Waals surface area (Å²) in [6, 6.07) is 1.53. The number of hydrogen-bond donors (Lipinski definition) is 3. The van der Waals surface area contributed by atoms with Gasteiger partial charge >= 0.3 is 5.97 Å². The molecule has 3 rings (SSSR count). The summed E-state index contributed by atoms with van der Waals surface area (Å²) >= 11 is 0. The van der Waals surface area contributed by atoms with E-state index in [2.05, 4.69) is 27.2 Å². The van der Waals surface area contributed by atoms with Crippen LogP contribution >= 0.6 is 0 Å². The number of esters is 1. The SMILES string of the molecule is CCOC(=O)/C(N)=C/C=N/c1cc(O[C@@H](C)C(C)CCCNC)nc(C(=O)C2=C(N)[C@]3(CCCCC3=O)CCC2)n1. The van der Waals surface area contributed by atoms with E-state index in [-0.39, 0.29) is 47.6 Å². The summed E-state index contributed by atoms with van der Waals surface area (Å²) in [4.78, 5) is 51.7. The third-order valence-corrected chi connectivity index (χ3v) is 7.99. The molecule has 1 spiro atoms. The lowest BCUT2D eigenvalue weighted by Crippen LogP contribution is -2.42. The largest absolute Gasteiger partial charge is 0.474 e. The Bertz CT molecular complexity index is 1210. The summed E-state index contributed by atoms with van der Waals surface area (Å²) in [6.45, 7) is 6.84. The van der Waals surface area contributed by atoms with Crippen LogP contribution in [0, 0.1) is 11.3 Å². The molecule has 1 aromatic heterocycles. The van der Waals surface area contributed by atoms with Crippen molar-refractivity contribution >= 4 is 29.6 Å². The molecule has 0 aromatic carbocycles. The number of aromatic nitrogens is 2. The van der Waals surface area contributed by atoms with Crippen LogP contribution in [0.1, 0.15) is 89.2 Å². The van der Waals surface area contributed by atoms with E-state index in [1.807, 2.05) is 14.0 Å². The highest BCUT2D eigenvalue weighted by molar-refractivity contribution is 6.08. The van der Waals surface area contributed by atoms with Crippen molar-refractivity contribution in [1.82, 2.24) is 15.3 Å². The van der Waals surface area contributed by atoms with Crippen molar-refractivity contribution in [1.29, 1.82) is 0 Å². The molecule has 3 atom stereocenters. The number of nitrogens with two attached hydrogens (primary N) is 2. The van der Waals surface area contributed by atoms with Crippen LogP contribution < -0.4 is 21.5 Å². The topological polar surface area (TPSA) is 172 Å². The number of ketones is 2. The molecule has 0 aliphatic heterocycles. The molecule has 0 radical (unpaired) electrons. The molecule has 1 aromatic rings. The number of carbonyl (C=O) groups is 3. The van der Waals surface area contributed by atoms with E-state index in [1.165, 1.54) is 18.4 Å². The van der Waals surface area contributed by atoms with Crippen molar-refractivity contribution in [2.45, 2.75) is 84.7 Å². The predicted molar refractivity (Wildman–Crippen MR) is 157 cm³/mol. The van der Waals surface area contributed by atoms with Gasteiger partial charge in [-0.2, -0.15) is 4.98 Å². The zero-order valence-electron chi connectivity index (χ0n) is 24.7. The van der Waals surface area contributed by atoms with E-state index >= 15 is 0 Å². The van der Waals surface area contributed by atoms with Gasteiger partial charge in [-0.3, -0.25) is 9.59 Å². The van der Waals surface area contributed by atoms with Crippen LogP contribution in [-0.4, -0.2) is 60.0 Å². The fourth-order valence-electron chi connectivity index (χ4n) is 5.40. The number of hydrogen-bond acceptors (Lipinski definition) is 11. The minimum atomic E-state index is -0.775. The van der Waals surface area contributed by atoms with E-state index in [4.69, 9.17) is 20.9 Å². The number of rotatable bonds is 13. The monoisotopic (exact) mass is 568 g/mol. The van der Waals surface area contributed by atoms with Crippen molar-refractivity contribution in [2.75, 3.05) is 20.2 Å². The van der Waals surface area contributed by atoms with Gasteiger partial charge in [-0.1, -0.05) is 13.3 Å². The summed E-state index contributed by atoms with van der Waals surface area (Å²) in [7, 11) is 1.92. The highest BCUT2D eigenvalue weighted by Gasteiger charge is 2.46. The molecule has 224 valence electrons. The molecule has 0 amide bonds. The predicted octanol–water partition coefficient (Wildman–Crippen LogP) is 3.70. The fourth-order valence-corrected chi connectivity index (χ4v) is 5.40. The Balaban J connectivity index is 1.95. The summed E-state index contributed by atoms with van der Waals surface area (Å²) in [6.07, 6.45) is 9.04. The van der Waals surface area contributed by atoms with Crippen molar-refractivity contribution in [3.05, 3.63) is 34.9 Å². The Morgan fingerprint density at radius 3 is 2.66 bits per heavy atom. The van der Waals surface area contributed by atoms with Gasteiger partial charge < -0.3 is 26.3 Å². The minimum absolute atomic E-state index is 0.106. The van der Waals surface area contributed by atoms with Crippen molar-refractivity contribution in [3.63, 3.8) is 0 Å². The van der Waals surface area contributed by atoms with Gasteiger partial charge in [-0.25, -0.2) is 14.8 Å². The van der Waals surface area contributed by atoms with Crippen LogP contribution in [0.4, 0.5) is 5.82 Å². The van der Waals surface area contributed by atoms with Gasteiger partial charge in [0.2, 0.25) is 17.5 Å². The number of Topliss-reactive ketones (excluding diaryl/α,β-unsaturated/α-hetero) is 2. The minimum Gasteiger partial charge on any atom is -0.474 e. The molecule has 11 heteroatoms. The van der Waals surface area contributed by atoms with E-state index in [0.717, 1.165) is 32.2 Å². The Morgan fingerprint density at radius 2 is 1.95 bits per heavy atom. The maximum absolute atomic E-state index is 13.8. The second-order valence-electron chi connectivity index (χ2n) is 10.8. The maximum Gasteiger partial charge on any atom is 0.354 e. The molecule has 1 fully saturated rings. The summed E-state index contributed by atoms with van der Waals surface area (Å²) < 4.78 is 11.0. The first-order valence-electron chi connectivity index (χ1n) is 14.6. The van der Waals surface area contributed by atoms with Crippen LogP contribution in [0.3, 0.4) is 0 Å². The van der Waals surface area contributed by atoms with Crippen molar-refractivity contribution in [3.8, 4) is 5.88 Å². The Kier molecular flexibility index (Phi) is 11.6. The molecule has 1 saturated carbocycles. The van der Waals surface area contributed by atoms with E-state index in [9.17, 15) is 14.4 Å². The summed E-state index contributed by atoms with van der Waals surface area (Å²) in [5.74, 6) is -0.506. The zero-order chi connectivity index (χ0) is 30.0. The Morgan fingerprint density at radius 1 is 1.20 bits per heavy atom. The van der Waals surface area contributed by atoms with Crippen LogP contribution in [0.25, 0.3) is 0 Å². The maximum atomic E-state index is 13.8. The quantitative estimate of drug-likeness (QED) is 0.105. The molecule has 1 heterocycles. The van der Waals surface area contributed by atoms with E-state index in [1.54, 1.807) is 6.92 Å². The molecule has 2 aliphatic rings. The molecule has 5 N–H and O–H groups in total. The van der Waals surface area contributed by atoms with Gasteiger partial charge in [0.25, 0.3) is 0 Å². The molecule has 1 unspecified atom stereocenters. The lowest BCUT2D eigenvalue weighted by Gasteiger charge is -2.40. The molecular weight excluding hydrogens is 524 g/mol. The highest BCUT2D eigenvalue weighted by Crippen LogP contribution is 2.47. The first-order valence-corrected chi connectivity index (χ1v) is 14.6. The molecule has 11 nitrogen and oxygen atoms in total. The second-order valence-corrected chi connectivity index (χ2v) is 10.8. The van der Waals surface area contributed by atoms with Gasteiger partial charge in [0.15, 0.2) is 5.82 Å². The number of nitrogens with one attached hydrogen (secondary N) is 1. The number of ether oxygens (including phenoxy) is 2. The van der Waals surface area contributed by atoms with Crippen molar-refractivity contribution < 1.29 is 23.9 Å². The smallest absolute Gasteiger partial charge is 0.354 e. The Hall–Kier alpha value is -3.60. The van der Waals surface area contributed by atoms with Gasteiger partial charge in [-0.05, 0) is 84.4 Å². The van der Waals surface area contributed by atoms with Crippen LogP contribution in [0.5, 0.6) is 5.88 Å². The lowest BCUT2D eigenvalue weighted by molar-refractivity contribution is -0.138. The van der Waals surface area contributed by atoms with Crippen LogP contribution in [0.2, 0.25) is 0 Å². The number of carbonyl (C=O) groups excluding carboxylic acids is 3. The van der Waals surface area contributed by atoms with Gasteiger partial charge in [0.05, 0.1) is 12.0 Å². The van der Waals surface area contributed by atoms with E-state index < -0.39 is 17.2 Å². The first kappa shape index (κ1) is 31.9. The standard InChI is InChI=1S/C30H44N6O5/c1-5-40-29(39)22(31)13-17-34-24-18-25(41-20(3)19(2)10-9-16-33-4)36-28(35-24)26(38)21-11-8-15-30(27(21)32)14-7-6-12-23(30)37/h13,17-20,33H,5-12,14-16,31-32H2,1-4H3/b22-13-,34-17+/t19?,20-,30+/m0/s1. The van der Waals surface area contributed by atoms with Gasteiger partial charge in [0.1, 0.15) is 17.6 Å². The zero-order valence-corrected chi connectivity index (χ0v) is 24.7. The summed E-state index contributed by atoms with van der Waals surface area (Å²) in [5.41, 5.74) is 12.2. The third kappa shape index (κ3) is 8.00. The lowest BCUT2D eigenvalue weighted by atomic mass is 9.64. The van der Waals surface area contributed by atoms with E-state index in [0.29, 0.717) is 43.4 Å². The summed E-state index contributed by atoms with van der Waals surface area (Å²) in [5, 5.41) is 3.15. The fraction of sp³-hybridized carbons (Fsp3) is 0.600. The number of allylic oxidation sites excluding steroid dienone is 3. The second kappa shape index (κ2) is 14.9. The van der Waals surface area contributed by atoms with Gasteiger partial charge in [0, 0.05) is 30.0 Å². The molecule has 41 heavy (non-hydrogen) atoms. The first-order chi connectivity index (χ1) is 19.6. The third-order valence-electron chi connectivity index (χ3n) is 7.99. The highest BCUT2D eigenvalue weighted by atomic mass is 16.5. The van der Waals surface area contributed by atoms with Gasteiger partial charge in [-0.15, -0.1) is 0 Å².